The smallest absolute Gasteiger partial charge is 0.338 e. The average molecular weight is 294 g/mol. The van der Waals surface area contributed by atoms with Gasteiger partial charge in [0.05, 0.1) is 5.56 Å². The molecule has 0 fully saturated rings. The number of hydrogen-bond donors (Lipinski definition) is 0. The van der Waals surface area contributed by atoms with Gasteiger partial charge in [0.2, 0.25) is 0 Å². The molecule has 0 N–H and O–H groups in total. The third-order valence-electron chi connectivity index (χ3n) is 2.28. The topological polar surface area (TPSA) is 52.6 Å². The lowest BCUT2D eigenvalue weighted by molar-refractivity contribution is -0.148. The van der Waals surface area contributed by atoms with Crippen LogP contribution in [-0.2, 0) is 14.3 Å². The van der Waals surface area contributed by atoms with E-state index in [-0.39, 0.29) is 5.56 Å². The van der Waals surface area contributed by atoms with Crippen LogP contribution < -0.4 is 0 Å². The molecule has 21 heavy (non-hydrogen) atoms. The van der Waals surface area contributed by atoms with E-state index in [0.29, 0.717) is 0 Å². The van der Waals surface area contributed by atoms with Crippen molar-refractivity contribution in [3.8, 4) is 0 Å². The third-order valence-corrected chi connectivity index (χ3v) is 2.28. The highest BCUT2D eigenvalue weighted by Gasteiger charge is 2.15. The molecule has 0 aromatic heterocycles. The molecule has 4 nitrogen and oxygen atoms in total. The van der Waals surface area contributed by atoms with E-state index in [1.165, 1.54) is 36.4 Å². The fourth-order valence-electron chi connectivity index (χ4n) is 1.41. The second-order valence-electron chi connectivity index (χ2n) is 5.51. The largest absolute Gasteiger partial charge is 0.457 e. The van der Waals surface area contributed by atoms with E-state index in [2.05, 4.69) is 0 Å². The summed E-state index contributed by atoms with van der Waals surface area (Å²) in [6.45, 7) is 6.90. The summed E-state index contributed by atoms with van der Waals surface area (Å²) in [5.41, 5.74) is -0.330. The maximum atomic E-state index is 12.7. The quantitative estimate of drug-likeness (QED) is 0.631. The molecule has 0 heterocycles. The molecule has 1 unspecified atom stereocenters. The highest BCUT2D eigenvalue weighted by Crippen LogP contribution is 2.09. The van der Waals surface area contributed by atoms with Crippen molar-refractivity contribution in [3.63, 3.8) is 0 Å². The first-order valence-corrected chi connectivity index (χ1v) is 6.55. The Bertz CT molecular complexity index is 526. The van der Waals surface area contributed by atoms with Crippen LogP contribution in [0.25, 0.3) is 0 Å². The Morgan fingerprint density at radius 1 is 1.19 bits per heavy atom. The standard InChI is InChI=1S/C16H19FO4/c1-11(5-10-14(18)21-16(2,3)4)20-15(19)12-6-8-13(17)9-7-12/h5-11H,1-4H3. The molecular formula is C16H19FO4. The second kappa shape index (κ2) is 7.02. The van der Waals surface area contributed by atoms with Crippen LogP contribution in [0.1, 0.15) is 38.1 Å². The summed E-state index contributed by atoms with van der Waals surface area (Å²) in [5.74, 6) is -1.52. The van der Waals surface area contributed by atoms with Crippen molar-refractivity contribution >= 4 is 11.9 Å². The van der Waals surface area contributed by atoms with Crippen molar-refractivity contribution in [2.75, 3.05) is 0 Å². The number of carbonyl (C=O) groups is 2. The van der Waals surface area contributed by atoms with Crippen molar-refractivity contribution in [1.29, 1.82) is 0 Å². The molecule has 0 radical (unpaired) electrons. The maximum absolute atomic E-state index is 12.7. The first-order chi connectivity index (χ1) is 9.67. The zero-order chi connectivity index (χ0) is 16.0. The van der Waals surface area contributed by atoms with Gasteiger partial charge < -0.3 is 9.47 Å². The predicted molar refractivity (Wildman–Crippen MR) is 76.3 cm³/mol. The minimum Gasteiger partial charge on any atom is -0.457 e. The second-order valence-corrected chi connectivity index (χ2v) is 5.51. The van der Waals surface area contributed by atoms with Gasteiger partial charge in [-0.15, -0.1) is 0 Å². The SMILES string of the molecule is CC(C=CC(=O)OC(C)(C)C)OC(=O)c1ccc(F)cc1. The lowest BCUT2D eigenvalue weighted by Gasteiger charge is -2.18. The molecule has 0 spiro atoms. The Morgan fingerprint density at radius 2 is 1.76 bits per heavy atom. The summed E-state index contributed by atoms with van der Waals surface area (Å²) in [6, 6.07) is 5.03. The van der Waals surface area contributed by atoms with Gasteiger partial charge in [0, 0.05) is 6.08 Å². The summed E-state index contributed by atoms with van der Waals surface area (Å²) in [4.78, 5) is 23.2. The van der Waals surface area contributed by atoms with E-state index in [9.17, 15) is 14.0 Å². The molecule has 1 atom stereocenters. The van der Waals surface area contributed by atoms with Crippen molar-refractivity contribution in [2.45, 2.75) is 39.4 Å². The fourth-order valence-corrected chi connectivity index (χ4v) is 1.41. The average Bonchev–Trinajstić information content (AvgIpc) is 2.35. The predicted octanol–water partition coefficient (Wildman–Crippen LogP) is 3.27. The van der Waals surface area contributed by atoms with Gasteiger partial charge in [-0.1, -0.05) is 0 Å². The van der Waals surface area contributed by atoms with Crippen LogP contribution in [0.4, 0.5) is 4.39 Å². The molecule has 1 rings (SSSR count). The Kier molecular flexibility index (Phi) is 5.64. The number of ether oxygens (including phenoxy) is 2. The first-order valence-electron chi connectivity index (χ1n) is 6.55. The minimum absolute atomic E-state index is 0.244. The van der Waals surface area contributed by atoms with E-state index in [1.807, 2.05) is 0 Å². The van der Waals surface area contributed by atoms with Gasteiger partial charge in [-0.25, -0.2) is 14.0 Å². The van der Waals surface area contributed by atoms with Gasteiger partial charge in [-0.05, 0) is 58.0 Å². The summed E-state index contributed by atoms with van der Waals surface area (Å²) < 4.78 is 22.9. The van der Waals surface area contributed by atoms with E-state index in [4.69, 9.17) is 9.47 Å². The first kappa shape index (κ1) is 16.9. The van der Waals surface area contributed by atoms with Gasteiger partial charge in [0.15, 0.2) is 0 Å². The Hall–Kier alpha value is -2.17. The normalized spacial score (nSPS) is 13.0. The van der Waals surface area contributed by atoms with Crippen LogP contribution in [-0.4, -0.2) is 23.6 Å². The molecular weight excluding hydrogens is 275 g/mol. The summed E-state index contributed by atoms with van der Waals surface area (Å²) in [5, 5.41) is 0. The van der Waals surface area contributed by atoms with Crippen molar-refractivity contribution in [3.05, 3.63) is 47.8 Å². The van der Waals surface area contributed by atoms with E-state index < -0.39 is 29.5 Å². The van der Waals surface area contributed by atoms with Gasteiger partial charge in [-0.3, -0.25) is 0 Å². The third kappa shape index (κ3) is 6.70. The maximum Gasteiger partial charge on any atom is 0.338 e. The molecule has 0 aliphatic carbocycles. The molecule has 0 bridgehead atoms. The van der Waals surface area contributed by atoms with E-state index in [1.54, 1.807) is 27.7 Å². The number of carbonyl (C=O) groups excluding carboxylic acids is 2. The van der Waals surface area contributed by atoms with Gasteiger partial charge in [0.25, 0.3) is 0 Å². The molecule has 0 aliphatic rings. The number of benzene rings is 1. The highest BCUT2D eigenvalue weighted by atomic mass is 19.1. The molecule has 0 saturated carbocycles. The van der Waals surface area contributed by atoms with Crippen LogP contribution in [0.2, 0.25) is 0 Å². The minimum atomic E-state index is -0.602. The van der Waals surface area contributed by atoms with Crippen LogP contribution in [0.3, 0.4) is 0 Å². The van der Waals surface area contributed by atoms with Crippen molar-refractivity contribution in [2.24, 2.45) is 0 Å². The number of halogens is 1. The summed E-state index contributed by atoms with van der Waals surface area (Å²) >= 11 is 0. The zero-order valence-electron chi connectivity index (χ0n) is 12.6. The Morgan fingerprint density at radius 3 is 2.29 bits per heavy atom. The van der Waals surface area contributed by atoms with Crippen LogP contribution >= 0.6 is 0 Å². The monoisotopic (exact) mass is 294 g/mol. The summed E-state index contributed by atoms with van der Waals surface area (Å²) in [7, 11) is 0. The molecule has 114 valence electrons. The molecule has 0 saturated heterocycles. The van der Waals surface area contributed by atoms with Gasteiger partial charge in [-0.2, -0.15) is 0 Å². The number of rotatable bonds is 4. The Labute approximate surface area is 123 Å². The van der Waals surface area contributed by atoms with Crippen molar-refractivity contribution < 1.29 is 23.5 Å². The molecule has 5 heteroatoms. The zero-order valence-corrected chi connectivity index (χ0v) is 12.6. The lowest BCUT2D eigenvalue weighted by Crippen LogP contribution is -2.23. The molecule has 0 aliphatic heterocycles. The van der Waals surface area contributed by atoms with Gasteiger partial charge >= 0.3 is 11.9 Å². The number of hydrogen-bond acceptors (Lipinski definition) is 4. The Balaban J connectivity index is 2.53. The van der Waals surface area contributed by atoms with E-state index >= 15 is 0 Å². The van der Waals surface area contributed by atoms with Crippen LogP contribution in [0.5, 0.6) is 0 Å². The van der Waals surface area contributed by atoms with Crippen molar-refractivity contribution in [1.82, 2.24) is 0 Å². The summed E-state index contributed by atoms with van der Waals surface area (Å²) in [6.07, 6.45) is 2.04. The highest BCUT2D eigenvalue weighted by molar-refractivity contribution is 5.89. The molecule has 0 amide bonds. The van der Waals surface area contributed by atoms with Crippen LogP contribution in [0, 0.1) is 5.82 Å². The van der Waals surface area contributed by atoms with Crippen LogP contribution in [0.15, 0.2) is 36.4 Å². The van der Waals surface area contributed by atoms with Gasteiger partial charge in [0.1, 0.15) is 17.5 Å². The lowest BCUT2D eigenvalue weighted by atomic mass is 10.2. The fraction of sp³-hybridized carbons (Fsp3) is 0.375. The van der Waals surface area contributed by atoms with E-state index in [0.717, 1.165) is 0 Å². The molecule has 1 aromatic carbocycles. The number of esters is 2. The molecule has 1 aromatic rings.